The molecule has 4 heteroatoms. The monoisotopic (exact) mass is 242 g/mol. The first-order valence-corrected chi connectivity index (χ1v) is 5.93. The molecule has 0 saturated carbocycles. The number of hydrogen-bond donors (Lipinski definition) is 4. The van der Waals surface area contributed by atoms with Crippen LogP contribution in [0.2, 0.25) is 0 Å². The zero-order chi connectivity index (χ0) is 13.7. The van der Waals surface area contributed by atoms with Gasteiger partial charge in [0.1, 0.15) is 0 Å². The first kappa shape index (κ1) is 18.4. The Morgan fingerprint density at radius 2 is 1.41 bits per heavy atom. The van der Waals surface area contributed by atoms with Gasteiger partial charge in [-0.25, -0.2) is 0 Å². The van der Waals surface area contributed by atoms with Crippen molar-refractivity contribution in [3.05, 3.63) is 35.9 Å². The summed E-state index contributed by atoms with van der Waals surface area (Å²) in [4.78, 5) is 0. The summed E-state index contributed by atoms with van der Waals surface area (Å²) in [6.07, 6.45) is -0.851. The molecule has 6 N–H and O–H groups in total. The van der Waals surface area contributed by atoms with Crippen LogP contribution in [0.1, 0.15) is 32.4 Å². The first-order valence-electron chi connectivity index (χ1n) is 5.93. The van der Waals surface area contributed by atoms with Gasteiger partial charge in [-0.1, -0.05) is 44.2 Å². The molecule has 1 aromatic rings. The molecule has 2 unspecified atom stereocenters. The maximum atomic E-state index is 9.20. The fourth-order valence-electron chi connectivity index (χ4n) is 0.811. The molecule has 0 saturated heterocycles. The predicted octanol–water partition coefficient (Wildman–Crippen LogP) is 1.03. The molecule has 4 nitrogen and oxygen atoms in total. The lowest BCUT2D eigenvalue weighted by Crippen LogP contribution is -2.14. The van der Waals surface area contributed by atoms with Crippen molar-refractivity contribution in [2.45, 2.75) is 33.0 Å². The van der Waals surface area contributed by atoms with Crippen molar-refractivity contribution in [1.82, 2.24) is 0 Å². The van der Waals surface area contributed by atoms with Crippen molar-refractivity contribution < 1.29 is 10.2 Å². The smallest absolute Gasteiger partial charge is 0.0912 e. The second kappa shape index (κ2) is 13.1. The maximum absolute atomic E-state index is 9.20. The third-order valence-electron chi connectivity index (χ3n) is 1.75. The zero-order valence-electron chi connectivity index (χ0n) is 11.0. The number of nitrogens with two attached hydrogens (primary N) is 2. The minimum atomic E-state index is -0.513. The lowest BCUT2D eigenvalue weighted by molar-refractivity contribution is 0.187. The van der Waals surface area contributed by atoms with Crippen molar-refractivity contribution in [2.24, 2.45) is 11.5 Å². The van der Waals surface area contributed by atoms with Crippen molar-refractivity contribution in [1.29, 1.82) is 0 Å². The Kier molecular flexibility index (Phi) is 14.2. The molecule has 0 aliphatic rings. The Morgan fingerprint density at radius 3 is 1.71 bits per heavy atom. The molecule has 0 spiro atoms. The molecule has 0 heterocycles. The molecule has 0 amide bonds. The third kappa shape index (κ3) is 11.3. The Labute approximate surface area is 104 Å². The van der Waals surface area contributed by atoms with E-state index in [1.807, 2.05) is 44.2 Å². The number of hydrogen-bond acceptors (Lipinski definition) is 4. The van der Waals surface area contributed by atoms with Gasteiger partial charge in [-0.3, -0.25) is 0 Å². The summed E-state index contributed by atoms with van der Waals surface area (Å²) in [6, 6.07) is 9.39. The van der Waals surface area contributed by atoms with Gasteiger partial charge in [0.2, 0.25) is 0 Å². The number of benzene rings is 1. The summed E-state index contributed by atoms with van der Waals surface area (Å²) in [5.74, 6) is 0. The van der Waals surface area contributed by atoms with Crippen molar-refractivity contribution in [3.8, 4) is 0 Å². The largest absolute Gasteiger partial charge is 0.392 e. The number of aliphatic hydroxyl groups is 2. The summed E-state index contributed by atoms with van der Waals surface area (Å²) in [7, 11) is 0. The van der Waals surface area contributed by atoms with E-state index in [4.69, 9.17) is 16.6 Å². The zero-order valence-corrected chi connectivity index (χ0v) is 11.0. The lowest BCUT2D eigenvalue weighted by atomic mass is 10.1. The molecule has 0 radical (unpaired) electrons. The topological polar surface area (TPSA) is 92.5 Å². The van der Waals surface area contributed by atoms with Gasteiger partial charge in [0.15, 0.2) is 0 Å². The highest BCUT2D eigenvalue weighted by Crippen LogP contribution is 2.08. The van der Waals surface area contributed by atoms with E-state index in [0.29, 0.717) is 6.54 Å². The highest BCUT2D eigenvalue weighted by atomic mass is 16.3. The van der Waals surface area contributed by atoms with Crippen LogP contribution in [0.15, 0.2) is 30.3 Å². The molecule has 100 valence electrons. The van der Waals surface area contributed by atoms with Crippen molar-refractivity contribution >= 4 is 0 Å². The van der Waals surface area contributed by atoms with Gasteiger partial charge in [-0.15, -0.1) is 0 Å². The van der Waals surface area contributed by atoms with Crippen LogP contribution >= 0.6 is 0 Å². The molecule has 1 aromatic carbocycles. The van der Waals surface area contributed by atoms with E-state index in [1.54, 1.807) is 6.92 Å². The highest BCUT2D eigenvalue weighted by Gasteiger charge is 2.01. The predicted molar refractivity (Wildman–Crippen MR) is 72.5 cm³/mol. The van der Waals surface area contributed by atoms with Gasteiger partial charge < -0.3 is 21.7 Å². The van der Waals surface area contributed by atoms with E-state index in [0.717, 1.165) is 5.56 Å². The van der Waals surface area contributed by atoms with Gasteiger partial charge in [-0.05, 0) is 12.5 Å². The Balaban J connectivity index is 0. The minimum Gasteiger partial charge on any atom is -0.392 e. The third-order valence-corrected chi connectivity index (χ3v) is 1.75. The second-order valence-corrected chi connectivity index (χ2v) is 3.25. The van der Waals surface area contributed by atoms with Crippen molar-refractivity contribution in [3.63, 3.8) is 0 Å². The van der Waals surface area contributed by atoms with E-state index in [-0.39, 0.29) is 12.6 Å². The summed E-state index contributed by atoms with van der Waals surface area (Å²) in [5.41, 5.74) is 11.1. The van der Waals surface area contributed by atoms with E-state index < -0.39 is 6.10 Å². The van der Waals surface area contributed by atoms with Crippen LogP contribution in [0.25, 0.3) is 0 Å². The molecule has 0 bridgehead atoms. The quantitative estimate of drug-likeness (QED) is 0.637. The summed E-state index contributed by atoms with van der Waals surface area (Å²) in [5, 5.41) is 17.4. The number of aliphatic hydroxyl groups excluding tert-OH is 2. The fraction of sp³-hybridized carbons (Fsp3) is 0.538. The van der Waals surface area contributed by atoms with Crippen LogP contribution in [-0.2, 0) is 0 Å². The Hall–Kier alpha value is -0.940. The molecule has 0 aliphatic carbocycles. The molecule has 0 aliphatic heterocycles. The molecule has 2 atom stereocenters. The van der Waals surface area contributed by atoms with Gasteiger partial charge in [0, 0.05) is 13.1 Å². The van der Waals surface area contributed by atoms with E-state index in [1.165, 1.54) is 0 Å². The highest BCUT2D eigenvalue weighted by molar-refractivity contribution is 5.17. The van der Waals surface area contributed by atoms with E-state index in [9.17, 15) is 5.11 Å². The summed E-state index contributed by atoms with van der Waals surface area (Å²) in [6.45, 7) is 6.30. The average Bonchev–Trinajstić information content (AvgIpc) is 2.41. The minimum absolute atomic E-state index is 0.282. The van der Waals surface area contributed by atoms with Crippen LogP contribution in [0.5, 0.6) is 0 Å². The molecular formula is C13H26N2O2. The molecule has 0 aromatic heterocycles. The fourth-order valence-corrected chi connectivity index (χ4v) is 0.811. The standard InChI is InChI=1S/C8H11NO.C3H9NO.C2H6/c9-6-8(10)7-4-2-1-3-5-7;1-3(5)2-4;1-2/h1-5,8,10H,6,9H2;3,5H,2,4H2,1H3;1-2H3. The van der Waals surface area contributed by atoms with Gasteiger partial charge in [-0.2, -0.15) is 0 Å². The summed E-state index contributed by atoms with van der Waals surface area (Å²) < 4.78 is 0. The normalized spacial score (nSPS) is 12.4. The van der Waals surface area contributed by atoms with Crippen LogP contribution in [-0.4, -0.2) is 29.4 Å². The number of rotatable bonds is 3. The van der Waals surface area contributed by atoms with Crippen LogP contribution < -0.4 is 11.5 Å². The van der Waals surface area contributed by atoms with Crippen molar-refractivity contribution in [2.75, 3.05) is 13.1 Å². The van der Waals surface area contributed by atoms with Gasteiger partial charge in [0.05, 0.1) is 12.2 Å². The second-order valence-electron chi connectivity index (χ2n) is 3.25. The van der Waals surface area contributed by atoms with E-state index in [2.05, 4.69) is 0 Å². The molecule has 1 rings (SSSR count). The van der Waals surface area contributed by atoms with Gasteiger partial charge in [0.25, 0.3) is 0 Å². The van der Waals surface area contributed by atoms with Crippen LogP contribution in [0, 0.1) is 0 Å². The maximum Gasteiger partial charge on any atom is 0.0912 e. The van der Waals surface area contributed by atoms with Crippen LogP contribution in [0.3, 0.4) is 0 Å². The van der Waals surface area contributed by atoms with Crippen LogP contribution in [0.4, 0.5) is 0 Å². The summed E-state index contributed by atoms with van der Waals surface area (Å²) >= 11 is 0. The Bertz CT molecular complexity index is 240. The SMILES string of the molecule is CC.CC(O)CN.NCC(O)c1ccccc1. The lowest BCUT2D eigenvalue weighted by Gasteiger charge is -2.05. The molecule has 17 heavy (non-hydrogen) atoms. The van der Waals surface area contributed by atoms with Gasteiger partial charge >= 0.3 is 0 Å². The Morgan fingerprint density at radius 1 is 1.00 bits per heavy atom. The average molecular weight is 242 g/mol. The van der Waals surface area contributed by atoms with E-state index >= 15 is 0 Å². The molecule has 0 fully saturated rings. The first-order chi connectivity index (χ1) is 8.11. The molecular weight excluding hydrogens is 216 g/mol.